The van der Waals surface area contributed by atoms with Crippen molar-refractivity contribution >= 4 is 5.69 Å². The largest absolute Gasteiger partial charge is 0.371 e. The highest BCUT2D eigenvalue weighted by atomic mass is 15.2. The second-order valence-corrected chi connectivity index (χ2v) is 6.00. The lowest BCUT2D eigenvalue weighted by molar-refractivity contribution is 0.569. The van der Waals surface area contributed by atoms with Crippen molar-refractivity contribution < 1.29 is 0 Å². The van der Waals surface area contributed by atoms with Gasteiger partial charge in [0.05, 0.1) is 0 Å². The van der Waals surface area contributed by atoms with E-state index in [1.165, 1.54) is 42.7 Å². The Labute approximate surface area is 118 Å². The molecular weight excluding hydrogens is 232 g/mol. The highest BCUT2D eigenvalue weighted by Crippen LogP contribution is 2.28. The summed E-state index contributed by atoms with van der Waals surface area (Å²) in [6, 6.07) is 7.17. The highest BCUT2D eigenvalue weighted by molar-refractivity contribution is 5.55. The van der Waals surface area contributed by atoms with E-state index >= 15 is 0 Å². The predicted octanol–water partition coefficient (Wildman–Crippen LogP) is 3.51. The van der Waals surface area contributed by atoms with Crippen molar-refractivity contribution in [1.29, 1.82) is 0 Å². The molecule has 1 aromatic rings. The van der Waals surface area contributed by atoms with Gasteiger partial charge in [0.15, 0.2) is 0 Å². The van der Waals surface area contributed by atoms with Gasteiger partial charge >= 0.3 is 0 Å². The second-order valence-electron chi connectivity index (χ2n) is 6.00. The van der Waals surface area contributed by atoms with Crippen LogP contribution in [0.25, 0.3) is 0 Å². The molecule has 0 aliphatic carbocycles. The molecule has 2 atom stereocenters. The Hall–Kier alpha value is -1.02. The molecule has 1 saturated heterocycles. The fraction of sp³-hybridized carbons (Fsp3) is 0.647. The van der Waals surface area contributed by atoms with Crippen LogP contribution in [-0.4, -0.2) is 19.1 Å². The van der Waals surface area contributed by atoms with Crippen LogP contribution in [0.5, 0.6) is 0 Å². The molecule has 1 aromatic carbocycles. The number of nitrogens with zero attached hydrogens (tertiary/aromatic N) is 1. The first-order chi connectivity index (χ1) is 9.13. The lowest BCUT2D eigenvalue weighted by atomic mass is 10.0. The van der Waals surface area contributed by atoms with Crippen LogP contribution in [-0.2, 0) is 6.42 Å². The maximum Gasteiger partial charge on any atom is 0.0396 e. The third-order valence-corrected chi connectivity index (χ3v) is 4.49. The minimum absolute atomic E-state index is 0.293. The fourth-order valence-electron chi connectivity index (χ4n) is 3.03. The summed E-state index contributed by atoms with van der Waals surface area (Å²) < 4.78 is 0. The van der Waals surface area contributed by atoms with Crippen molar-refractivity contribution in [3.05, 3.63) is 29.3 Å². The van der Waals surface area contributed by atoms with Crippen LogP contribution in [0, 0.1) is 12.8 Å². The van der Waals surface area contributed by atoms with Crippen LogP contribution in [0.4, 0.5) is 5.69 Å². The number of benzene rings is 1. The van der Waals surface area contributed by atoms with Gasteiger partial charge < -0.3 is 10.6 Å². The second kappa shape index (κ2) is 6.42. The molecule has 0 spiro atoms. The monoisotopic (exact) mass is 260 g/mol. The summed E-state index contributed by atoms with van der Waals surface area (Å²) in [7, 11) is 0. The standard InChI is InChI=1S/C17H28N2/c1-4-14-8-9-19(12-14)17-7-6-15(10-13(17)3)11-16(18)5-2/h6-7,10,14,16H,4-5,8-9,11-12,18H2,1-3H3. The minimum Gasteiger partial charge on any atom is -0.371 e. The zero-order valence-corrected chi connectivity index (χ0v) is 12.7. The Morgan fingerprint density at radius 1 is 1.37 bits per heavy atom. The molecule has 2 rings (SSSR count). The summed E-state index contributed by atoms with van der Waals surface area (Å²) in [4.78, 5) is 2.55. The summed E-state index contributed by atoms with van der Waals surface area (Å²) in [5.41, 5.74) is 10.2. The number of hydrogen-bond acceptors (Lipinski definition) is 2. The van der Waals surface area contributed by atoms with E-state index in [1.54, 1.807) is 0 Å². The Morgan fingerprint density at radius 2 is 2.16 bits per heavy atom. The molecule has 2 N–H and O–H groups in total. The van der Waals surface area contributed by atoms with Crippen LogP contribution < -0.4 is 10.6 Å². The van der Waals surface area contributed by atoms with E-state index in [-0.39, 0.29) is 0 Å². The molecule has 0 aromatic heterocycles. The van der Waals surface area contributed by atoms with Crippen LogP contribution in [0.3, 0.4) is 0 Å². The maximum atomic E-state index is 6.04. The van der Waals surface area contributed by atoms with Gasteiger partial charge in [-0.05, 0) is 49.3 Å². The van der Waals surface area contributed by atoms with Gasteiger partial charge in [-0.15, -0.1) is 0 Å². The van der Waals surface area contributed by atoms with Crippen molar-refractivity contribution in [2.24, 2.45) is 11.7 Å². The lowest BCUT2D eigenvalue weighted by Crippen LogP contribution is -2.22. The van der Waals surface area contributed by atoms with Crippen molar-refractivity contribution in [2.45, 2.75) is 52.5 Å². The molecule has 1 heterocycles. The van der Waals surface area contributed by atoms with Crippen LogP contribution in [0.2, 0.25) is 0 Å². The van der Waals surface area contributed by atoms with Crippen LogP contribution >= 0.6 is 0 Å². The molecule has 0 amide bonds. The summed E-state index contributed by atoms with van der Waals surface area (Å²) in [6.07, 6.45) is 4.69. The van der Waals surface area contributed by atoms with Gasteiger partial charge in [0.1, 0.15) is 0 Å². The summed E-state index contributed by atoms with van der Waals surface area (Å²) in [5.74, 6) is 0.882. The summed E-state index contributed by atoms with van der Waals surface area (Å²) >= 11 is 0. The smallest absolute Gasteiger partial charge is 0.0396 e. The SMILES string of the molecule is CCC(N)Cc1ccc(N2CCC(CC)C2)c(C)c1. The highest BCUT2D eigenvalue weighted by Gasteiger charge is 2.22. The molecule has 19 heavy (non-hydrogen) atoms. The summed E-state index contributed by atoms with van der Waals surface area (Å²) in [5, 5.41) is 0. The van der Waals surface area contributed by atoms with E-state index in [0.717, 1.165) is 18.8 Å². The molecule has 2 nitrogen and oxygen atoms in total. The van der Waals surface area contributed by atoms with Gasteiger partial charge in [-0.25, -0.2) is 0 Å². The van der Waals surface area contributed by atoms with Crippen molar-refractivity contribution in [3.8, 4) is 0 Å². The molecule has 2 heteroatoms. The van der Waals surface area contributed by atoms with E-state index in [9.17, 15) is 0 Å². The molecule has 0 bridgehead atoms. The Balaban J connectivity index is 2.07. The first-order valence-corrected chi connectivity index (χ1v) is 7.74. The minimum atomic E-state index is 0.293. The molecule has 0 saturated carbocycles. The predicted molar refractivity (Wildman–Crippen MR) is 83.8 cm³/mol. The molecule has 106 valence electrons. The van der Waals surface area contributed by atoms with Crippen LogP contribution in [0.1, 0.15) is 44.2 Å². The van der Waals surface area contributed by atoms with Gasteiger partial charge in [-0.3, -0.25) is 0 Å². The Kier molecular flexibility index (Phi) is 4.87. The first kappa shape index (κ1) is 14.4. The quantitative estimate of drug-likeness (QED) is 0.878. The van der Waals surface area contributed by atoms with E-state index < -0.39 is 0 Å². The lowest BCUT2D eigenvalue weighted by Gasteiger charge is -2.22. The molecule has 2 unspecified atom stereocenters. The zero-order valence-electron chi connectivity index (χ0n) is 12.7. The average molecular weight is 260 g/mol. The Bertz CT molecular complexity index is 414. The Morgan fingerprint density at radius 3 is 2.74 bits per heavy atom. The maximum absolute atomic E-state index is 6.04. The number of aryl methyl sites for hydroxylation is 1. The molecular formula is C17H28N2. The number of anilines is 1. The van der Waals surface area contributed by atoms with Gasteiger partial charge in [-0.1, -0.05) is 32.4 Å². The summed E-state index contributed by atoms with van der Waals surface area (Å²) in [6.45, 7) is 9.13. The van der Waals surface area contributed by atoms with Gasteiger partial charge in [0, 0.05) is 24.8 Å². The van der Waals surface area contributed by atoms with Crippen molar-refractivity contribution in [3.63, 3.8) is 0 Å². The number of rotatable bonds is 5. The number of hydrogen-bond donors (Lipinski definition) is 1. The van der Waals surface area contributed by atoms with Crippen molar-refractivity contribution in [1.82, 2.24) is 0 Å². The third-order valence-electron chi connectivity index (χ3n) is 4.49. The van der Waals surface area contributed by atoms with E-state index in [0.29, 0.717) is 6.04 Å². The van der Waals surface area contributed by atoms with Gasteiger partial charge in [-0.2, -0.15) is 0 Å². The molecule has 1 aliphatic rings. The normalized spacial score (nSPS) is 20.8. The van der Waals surface area contributed by atoms with Gasteiger partial charge in [0.2, 0.25) is 0 Å². The average Bonchev–Trinajstić information content (AvgIpc) is 2.87. The van der Waals surface area contributed by atoms with E-state index in [2.05, 4.69) is 43.9 Å². The van der Waals surface area contributed by atoms with Crippen molar-refractivity contribution in [2.75, 3.05) is 18.0 Å². The van der Waals surface area contributed by atoms with Crippen LogP contribution in [0.15, 0.2) is 18.2 Å². The fourth-order valence-corrected chi connectivity index (χ4v) is 3.03. The molecule has 0 radical (unpaired) electrons. The first-order valence-electron chi connectivity index (χ1n) is 7.74. The number of nitrogens with two attached hydrogens (primary N) is 1. The zero-order chi connectivity index (χ0) is 13.8. The topological polar surface area (TPSA) is 29.3 Å². The van der Waals surface area contributed by atoms with E-state index in [1.807, 2.05) is 0 Å². The molecule has 1 aliphatic heterocycles. The third kappa shape index (κ3) is 3.50. The van der Waals surface area contributed by atoms with E-state index in [4.69, 9.17) is 5.73 Å². The molecule has 1 fully saturated rings. The van der Waals surface area contributed by atoms with Gasteiger partial charge in [0.25, 0.3) is 0 Å².